The topological polar surface area (TPSA) is 49.9 Å². The normalized spacial score (nSPS) is 26.0. The van der Waals surface area contributed by atoms with Gasteiger partial charge in [-0.15, -0.1) is 0 Å². The lowest BCUT2D eigenvalue weighted by Gasteiger charge is -2.34. The molecular weight excluding hydrogens is 348 g/mol. The maximum atomic E-state index is 11.5. The molecule has 0 bridgehead atoms. The van der Waals surface area contributed by atoms with Gasteiger partial charge in [-0.1, -0.05) is 30.3 Å². The van der Waals surface area contributed by atoms with Gasteiger partial charge in [-0.05, 0) is 43.6 Å². The van der Waals surface area contributed by atoms with E-state index in [4.69, 9.17) is 4.74 Å². The largest absolute Gasteiger partial charge is 0.377 e. The quantitative estimate of drug-likeness (QED) is 0.729. The van der Waals surface area contributed by atoms with Gasteiger partial charge in [0.15, 0.2) is 0 Å². The average Bonchev–Trinajstić information content (AvgIpc) is 2.64. The van der Waals surface area contributed by atoms with Crippen molar-refractivity contribution in [1.29, 1.82) is 0 Å². The van der Waals surface area contributed by atoms with Gasteiger partial charge in [0.05, 0.1) is 19.0 Å². The zero-order valence-electron chi connectivity index (χ0n) is 15.8. The van der Waals surface area contributed by atoms with E-state index in [0.717, 1.165) is 32.2 Å². The van der Waals surface area contributed by atoms with Gasteiger partial charge in [0.25, 0.3) is 0 Å². The Balaban J connectivity index is 1.29. The van der Waals surface area contributed by atoms with Gasteiger partial charge in [0.1, 0.15) is 0 Å². The summed E-state index contributed by atoms with van der Waals surface area (Å²) < 4.78 is 30.7. The molecule has 0 amide bonds. The van der Waals surface area contributed by atoms with Gasteiger partial charge >= 0.3 is 0 Å². The van der Waals surface area contributed by atoms with Gasteiger partial charge in [-0.2, -0.15) is 4.31 Å². The van der Waals surface area contributed by atoms with E-state index < -0.39 is 10.0 Å². The number of rotatable bonds is 7. The number of benzene rings is 1. The lowest BCUT2D eigenvalue weighted by Crippen LogP contribution is -2.49. The molecule has 5 nitrogen and oxygen atoms in total. The van der Waals surface area contributed by atoms with Crippen LogP contribution in [0, 0.1) is 5.92 Å². The Morgan fingerprint density at radius 2 is 1.65 bits per heavy atom. The molecule has 6 heteroatoms. The second-order valence-corrected chi connectivity index (χ2v) is 9.69. The minimum Gasteiger partial charge on any atom is -0.377 e. The number of ether oxygens (including phenoxy) is 1. The highest BCUT2D eigenvalue weighted by atomic mass is 32.2. The van der Waals surface area contributed by atoms with E-state index >= 15 is 0 Å². The zero-order valence-corrected chi connectivity index (χ0v) is 16.7. The van der Waals surface area contributed by atoms with Crippen molar-refractivity contribution < 1.29 is 13.2 Å². The van der Waals surface area contributed by atoms with Crippen LogP contribution in [0.2, 0.25) is 0 Å². The summed E-state index contributed by atoms with van der Waals surface area (Å²) in [6, 6.07) is 10.8. The summed E-state index contributed by atoms with van der Waals surface area (Å²) in [5.74, 6) is 0.793. The van der Waals surface area contributed by atoms with E-state index in [9.17, 15) is 8.42 Å². The Kier molecular flexibility index (Phi) is 7.09. The number of hydrogen-bond donors (Lipinski definition) is 0. The molecule has 0 radical (unpaired) electrons. The van der Waals surface area contributed by atoms with Crippen LogP contribution in [0.4, 0.5) is 0 Å². The second kappa shape index (κ2) is 9.31. The third-order valence-corrected chi connectivity index (χ3v) is 7.03. The van der Waals surface area contributed by atoms with E-state index in [2.05, 4.69) is 35.2 Å². The van der Waals surface area contributed by atoms with Crippen LogP contribution >= 0.6 is 0 Å². The molecule has 0 atom stereocenters. The van der Waals surface area contributed by atoms with Crippen molar-refractivity contribution >= 4 is 10.0 Å². The predicted molar refractivity (Wildman–Crippen MR) is 105 cm³/mol. The van der Waals surface area contributed by atoms with Crippen LogP contribution in [0.3, 0.4) is 0 Å². The molecule has 1 aliphatic heterocycles. The maximum Gasteiger partial charge on any atom is 0.211 e. The Labute approximate surface area is 158 Å². The number of piperazine rings is 1. The first kappa shape index (κ1) is 19.8. The molecule has 26 heavy (non-hydrogen) atoms. The van der Waals surface area contributed by atoms with Crippen molar-refractivity contribution in [3.8, 4) is 0 Å². The molecule has 146 valence electrons. The molecule has 0 aromatic heterocycles. The first-order chi connectivity index (χ1) is 12.5. The van der Waals surface area contributed by atoms with Gasteiger partial charge in [-0.3, -0.25) is 4.90 Å². The highest BCUT2D eigenvalue weighted by Crippen LogP contribution is 2.28. The zero-order chi connectivity index (χ0) is 18.4. The summed E-state index contributed by atoms with van der Waals surface area (Å²) in [6.07, 6.45) is 7.73. The van der Waals surface area contributed by atoms with Crippen LogP contribution in [0.5, 0.6) is 0 Å². The molecule has 2 aliphatic rings. The smallest absolute Gasteiger partial charge is 0.211 e. The van der Waals surface area contributed by atoms with Crippen molar-refractivity contribution in [1.82, 2.24) is 9.21 Å². The molecule has 1 aromatic rings. The van der Waals surface area contributed by atoms with E-state index in [-0.39, 0.29) is 0 Å². The summed E-state index contributed by atoms with van der Waals surface area (Å²) in [5, 5.41) is 0. The second-order valence-electron chi connectivity index (χ2n) is 7.71. The van der Waals surface area contributed by atoms with Crippen molar-refractivity contribution in [2.24, 2.45) is 5.92 Å². The molecule has 0 unspecified atom stereocenters. The molecule has 1 saturated heterocycles. The van der Waals surface area contributed by atoms with Crippen molar-refractivity contribution in [3.05, 3.63) is 35.9 Å². The van der Waals surface area contributed by atoms with E-state index in [0.29, 0.717) is 19.2 Å². The molecule has 0 spiro atoms. The molecule has 2 fully saturated rings. The summed E-state index contributed by atoms with van der Waals surface area (Å²) in [7, 11) is -3.04. The number of nitrogens with zero attached hydrogens (tertiary/aromatic N) is 2. The highest BCUT2D eigenvalue weighted by Gasteiger charge is 2.24. The summed E-state index contributed by atoms with van der Waals surface area (Å²) in [5.41, 5.74) is 1.45. The minimum atomic E-state index is -3.04. The van der Waals surface area contributed by atoms with E-state index in [1.807, 2.05) is 0 Å². The molecule has 1 aromatic carbocycles. The number of sulfonamides is 1. The molecule has 1 saturated carbocycles. The van der Waals surface area contributed by atoms with Crippen molar-refractivity contribution in [2.75, 3.05) is 45.6 Å². The fourth-order valence-electron chi connectivity index (χ4n) is 4.08. The van der Waals surface area contributed by atoms with Gasteiger partial charge in [0.2, 0.25) is 10.0 Å². The highest BCUT2D eigenvalue weighted by molar-refractivity contribution is 7.88. The summed E-state index contributed by atoms with van der Waals surface area (Å²) >= 11 is 0. The molecule has 1 aliphatic carbocycles. The summed E-state index contributed by atoms with van der Waals surface area (Å²) in [6.45, 7) is 4.47. The SMILES string of the molecule is CS(=O)(=O)N1CCN(CCOC2CCC(Cc3ccccc3)CC2)CC1. The van der Waals surface area contributed by atoms with E-state index in [1.165, 1.54) is 43.9 Å². The minimum absolute atomic E-state index is 0.402. The van der Waals surface area contributed by atoms with Crippen molar-refractivity contribution in [3.63, 3.8) is 0 Å². The first-order valence-corrected chi connectivity index (χ1v) is 11.7. The maximum absolute atomic E-state index is 11.5. The van der Waals surface area contributed by atoms with Crippen LogP contribution in [0.1, 0.15) is 31.2 Å². The van der Waals surface area contributed by atoms with Crippen LogP contribution in [0.15, 0.2) is 30.3 Å². The fraction of sp³-hybridized carbons (Fsp3) is 0.700. The molecule has 1 heterocycles. The molecule has 3 rings (SSSR count). The van der Waals surface area contributed by atoms with Crippen LogP contribution in [-0.4, -0.2) is 69.3 Å². The van der Waals surface area contributed by atoms with Crippen LogP contribution < -0.4 is 0 Å². The van der Waals surface area contributed by atoms with Gasteiger partial charge in [-0.25, -0.2) is 8.42 Å². The lowest BCUT2D eigenvalue weighted by atomic mass is 9.83. The van der Waals surface area contributed by atoms with Gasteiger partial charge in [0, 0.05) is 32.7 Å². The molecule has 0 N–H and O–H groups in total. The van der Waals surface area contributed by atoms with Gasteiger partial charge < -0.3 is 4.74 Å². The fourth-order valence-corrected chi connectivity index (χ4v) is 4.91. The van der Waals surface area contributed by atoms with Crippen LogP contribution in [-0.2, 0) is 21.2 Å². The van der Waals surface area contributed by atoms with Crippen molar-refractivity contribution in [2.45, 2.75) is 38.2 Å². The summed E-state index contributed by atoms with van der Waals surface area (Å²) in [4.78, 5) is 2.31. The van der Waals surface area contributed by atoms with E-state index in [1.54, 1.807) is 4.31 Å². The third kappa shape index (κ3) is 6.05. The standard InChI is InChI=1S/C20H32N2O3S/c1-26(23,24)22-13-11-21(12-14-22)15-16-25-20-9-7-19(8-10-20)17-18-5-3-2-4-6-18/h2-6,19-20H,7-17H2,1H3. The Hall–Kier alpha value is -0.950. The Bertz CT molecular complexity index is 634. The number of hydrogen-bond acceptors (Lipinski definition) is 4. The Morgan fingerprint density at radius 1 is 1.00 bits per heavy atom. The van der Waals surface area contributed by atoms with Crippen LogP contribution in [0.25, 0.3) is 0 Å². The molecular formula is C20H32N2O3S. The first-order valence-electron chi connectivity index (χ1n) is 9.84. The Morgan fingerprint density at radius 3 is 2.27 bits per heavy atom. The monoisotopic (exact) mass is 380 g/mol. The lowest BCUT2D eigenvalue weighted by molar-refractivity contribution is 0.00429. The predicted octanol–water partition coefficient (Wildman–Crippen LogP) is 2.38. The third-order valence-electron chi connectivity index (χ3n) is 5.72. The average molecular weight is 381 g/mol.